The molecule has 0 bridgehead atoms. The van der Waals surface area contributed by atoms with Gasteiger partial charge in [0.25, 0.3) is 0 Å². The van der Waals surface area contributed by atoms with Crippen LogP contribution in [0, 0.1) is 0 Å². The lowest BCUT2D eigenvalue weighted by molar-refractivity contribution is -0.274. The Balaban J connectivity index is 3.15. The molecule has 0 aliphatic carbocycles. The third-order valence-corrected chi connectivity index (χ3v) is 1.16. The summed E-state index contributed by atoms with van der Waals surface area (Å²) in [5.41, 5.74) is -0.672. The number of rotatable bonds is 2. The highest BCUT2D eigenvalue weighted by atomic mass is 19.4. The lowest BCUT2D eigenvalue weighted by Crippen LogP contribution is -2.17. The van der Waals surface area contributed by atoms with Gasteiger partial charge in [-0.25, -0.2) is 4.79 Å². The molecule has 1 rings (SSSR count). The van der Waals surface area contributed by atoms with Crippen LogP contribution >= 0.6 is 0 Å². The summed E-state index contributed by atoms with van der Waals surface area (Å²) in [6.45, 7) is 0. The van der Waals surface area contributed by atoms with Crippen LogP contribution in [0.25, 0.3) is 0 Å². The number of alkyl halides is 3. The molecule has 0 amide bonds. The van der Waals surface area contributed by atoms with E-state index in [2.05, 4.69) is 4.74 Å². The van der Waals surface area contributed by atoms with Crippen LogP contribution in [0.5, 0.6) is 5.75 Å². The number of hydrogen-bond acceptors (Lipinski definition) is 2. The van der Waals surface area contributed by atoms with Crippen LogP contribution in [-0.2, 0) is 0 Å². The molecule has 0 atom stereocenters. The van der Waals surface area contributed by atoms with Gasteiger partial charge in [0.05, 0.1) is 8.30 Å². The zero-order valence-electron chi connectivity index (χ0n) is 8.55. The van der Waals surface area contributed by atoms with E-state index in [9.17, 15) is 18.0 Å². The molecule has 0 saturated carbocycles. The van der Waals surface area contributed by atoms with Crippen LogP contribution in [-0.4, -0.2) is 17.4 Å². The predicted octanol–water partition coefficient (Wildman–Crippen LogP) is 2.28. The van der Waals surface area contributed by atoms with E-state index in [0.717, 1.165) is 0 Å². The molecule has 1 N–H and O–H groups in total. The first-order valence-electron chi connectivity index (χ1n) is 4.31. The maximum Gasteiger partial charge on any atom is 0.573 e. The van der Waals surface area contributed by atoms with E-state index in [0.29, 0.717) is 12.1 Å². The van der Waals surface area contributed by atoms with E-state index in [4.69, 9.17) is 7.85 Å². The van der Waals surface area contributed by atoms with Crippen molar-refractivity contribution in [3.05, 3.63) is 29.8 Å². The van der Waals surface area contributed by atoms with Crippen molar-refractivity contribution in [1.82, 2.24) is 0 Å². The SMILES string of the molecule is [2H]c1cc(OC(F)(F)F)cc([2H])c1C(=O)O. The van der Waals surface area contributed by atoms with Crippen LogP contribution in [0.15, 0.2) is 24.2 Å². The van der Waals surface area contributed by atoms with Gasteiger partial charge in [0.1, 0.15) is 5.75 Å². The van der Waals surface area contributed by atoms with Crippen molar-refractivity contribution in [2.45, 2.75) is 6.36 Å². The normalized spacial score (nSPS) is 13.1. The highest BCUT2D eigenvalue weighted by Crippen LogP contribution is 2.22. The molecular formula is C8H5F3O3. The molecule has 0 saturated heterocycles. The number of carbonyl (C=O) groups is 1. The molecule has 0 spiro atoms. The number of carboxylic acids is 1. The van der Waals surface area contributed by atoms with E-state index in [1.54, 1.807) is 0 Å². The van der Waals surface area contributed by atoms with Crippen molar-refractivity contribution in [2.24, 2.45) is 0 Å². The second-order valence-corrected chi connectivity index (χ2v) is 2.21. The summed E-state index contributed by atoms with van der Waals surface area (Å²) in [4.78, 5) is 10.5. The van der Waals surface area contributed by atoms with Crippen molar-refractivity contribution in [3.8, 4) is 5.75 Å². The zero-order valence-corrected chi connectivity index (χ0v) is 6.55. The van der Waals surface area contributed by atoms with Crippen LogP contribution in [0.4, 0.5) is 13.2 Å². The third-order valence-electron chi connectivity index (χ3n) is 1.16. The number of halogens is 3. The van der Waals surface area contributed by atoms with Gasteiger partial charge in [0.15, 0.2) is 0 Å². The quantitative estimate of drug-likeness (QED) is 0.810. The summed E-state index contributed by atoms with van der Waals surface area (Å²) in [7, 11) is 0. The highest BCUT2D eigenvalue weighted by molar-refractivity contribution is 5.87. The Morgan fingerprint density at radius 3 is 2.29 bits per heavy atom. The maximum absolute atomic E-state index is 11.8. The van der Waals surface area contributed by atoms with Gasteiger partial charge in [0, 0.05) is 0 Å². The summed E-state index contributed by atoms with van der Waals surface area (Å²) < 4.78 is 53.2. The Labute approximate surface area is 79.5 Å². The van der Waals surface area contributed by atoms with Gasteiger partial charge in [-0.05, 0) is 24.2 Å². The first-order chi connectivity index (χ1) is 7.20. The minimum atomic E-state index is -4.94. The second-order valence-electron chi connectivity index (χ2n) is 2.21. The van der Waals surface area contributed by atoms with E-state index in [-0.39, 0.29) is 0 Å². The molecule has 1 aromatic carbocycles. The number of aromatic carboxylic acids is 1. The van der Waals surface area contributed by atoms with Gasteiger partial charge in [-0.2, -0.15) is 0 Å². The highest BCUT2D eigenvalue weighted by Gasteiger charge is 2.30. The van der Waals surface area contributed by atoms with Gasteiger partial charge in [-0.3, -0.25) is 0 Å². The third kappa shape index (κ3) is 2.96. The average molecular weight is 208 g/mol. The molecule has 1 aromatic rings. The average Bonchev–Trinajstić information content (AvgIpc) is 1.96. The zero-order chi connectivity index (χ0) is 12.5. The fraction of sp³-hybridized carbons (Fsp3) is 0.125. The molecule has 0 unspecified atom stereocenters. The maximum atomic E-state index is 11.8. The lowest BCUT2D eigenvalue weighted by atomic mass is 10.2. The molecule has 14 heavy (non-hydrogen) atoms. The number of benzene rings is 1. The van der Waals surface area contributed by atoms with Crippen LogP contribution in [0.2, 0.25) is 0 Å². The molecule has 6 heteroatoms. The molecular weight excluding hydrogens is 201 g/mol. The molecule has 3 nitrogen and oxygen atoms in total. The fourth-order valence-electron chi connectivity index (χ4n) is 0.686. The summed E-state index contributed by atoms with van der Waals surface area (Å²) in [6.07, 6.45) is -4.94. The first-order valence-corrected chi connectivity index (χ1v) is 3.31. The Kier molecular flexibility index (Phi) is 1.95. The Morgan fingerprint density at radius 1 is 1.43 bits per heavy atom. The lowest BCUT2D eigenvalue weighted by Gasteiger charge is -2.08. The minimum absolute atomic E-state index is 0.592. The topological polar surface area (TPSA) is 46.5 Å². The number of ether oxygens (including phenoxy) is 1. The Hall–Kier alpha value is -1.72. The minimum Gasteiger partial charge on any atom is -0.478 e. The van der Waals surface area contributed by atoms with Crippen molar-refractivity contribution in [1.29, 1.82) is 0 Å². The van der Waals surface area contributed by atoms with Crippen molar-refractivity contribution >= 4 is 5.97 Å². The molecule has 0 radical (unpaired) electrons. The Bertz CT molecular complexity index is 408. The summed E-state index contributed by atoms with van der Waals surface area (Å²) in [5, 5.41) is 8.57. The molecule has 0 aromatic heterocycles. The standard InChI is InChI=1S/C8H5F3O3/c9-8(10,11)14-6-3-1-5(2-4-6)7(12)13/h1-4H,(H,12,13)/i1D,2D. The van der Waals surface area contributed by atoms with Gasteiger partial charge in [-0.1, -0.05) is 0 Å². The van der Waals surface area contributed by atoms with Gasteiger partial charge in [-0.15, -0.1) is 13.2 Å². The van der Waals surface area contributed by atoms with Crippen molar-refractivity contribution < 1.29 is 30.6 Å². The smallest absolute Gasteiger partial charge is 0.478 e. The predicted molar refractivity (Wildman–Crippen MR) is 40.1 cm³/mol. The molecule has 0 heterocycles. The second kappa shape index (κ2) is 3.57. The largest absolute Gasteiger partial charge is 0.573 e. The molecule has 0 fully saturated rings. The van der Waals surface area contributed by atoms with Crippen molar-refractivity contribution in [3.63, 3.8) is 0 Å². The Morgan fingerprint density at radius 2 is 1.93 bits per heavy atom. The van der Waals surface area contributed by atoms with E-state index >= 15 is 0 Å². The van der Waals surface area contributed by atoms with Gasteiger partial charge < -0.3 is 9.84 Å². The summed E-state index contributed by atoms with van der Waals surface area (Å²) >= 11 is 0. The molecule has 76 valence electrons. The number of hydrogen-bond donors (Lipinski definition) is 1. The van der Waals surface area contributed by atoms with Crippen LogP contribution < -0.4 is 4.74 Å². The van der Waals surface area contributed by atoms with Crippen LogP contribution in [0.1, 0.15) is 13.1 Å². The van der Waals surface area contributed by atoms with Crippen molar-refractivity contribution in [2.75, 3.05) is 0 Å². The monoisotopic (exact) mass is 208 g/mol. The molecule has 0 aliphatic rings. The van der Waals surface area contributed by atoms with E-state index in [1.165, 1.54) is 0 Å². The summed E-state index contributed by atoms with van der Waals surface area (Å²) in [5.74, 6) is -2.33. The van der Waals surface area contributed by atoms with Crippen LogP contribution in [0.3, 0.4) is 0 Å². The van der Waals surface area contributed by atoms with E-state index in [1.807, 2.05) is 0 Å². The first kappa shape index (κ1) is 7.66. The molecule has 0 aliphatic heterocycles. The van der Waals surface area contributed by atoms with E-state index < -0.39 is 35.7 Å². The summed E-state index contributed by atoms with van der Waals surface area (Å²) in [6, 6.07) is -0.234. The van der Waals surface area contributed by atoms with Gasteiger partial charge >= 0.3 is 12.3 Å². The fourth-order valence-corrected chi connectivity index (χ4v) is 0.686. The van der Waals surface area contributed by atoms with Gasteiger partial charge in [0.2, 0.25) is 0 Å². The number of carboxylic acid groups (broad SMARTS) is 1.